The SMILES string of the molecule is O=C(NC[C@H]1C[C@@H](NC(=O)[C@@H]2C[C@H](F)CN2)CN1C(=O)C1CC1)c1ccc(C#CC#Cc2ccccc2)cc1. The zero-order chi connectivity index (χ0) is 27.2. The van der Waals surface area contributed by atoms with Crippen LogP contribution in [0.5, 0.6) is 0 Å². The summed E-state index contributed by atoms with van der Waals surface area (Å²) in [5.41, 5.74) is 2.14. The number of nitrogens with zero attached hydrogens (tertiary/aromatic N) is 1. The fourth-order valence-corrected chi connectivity index (χ4v) is 4.99. The van der Waals surface area contributed by atoms with Crippen LogP contribution in [-0.2, 0) is 9.59 Å². The smallest absolute Gasteiger partial charge is 0.251 e. The van der Waals surface area contributed by atoms with Gasteiger partial charge >= 0.3 is 0 Å². The van der Waals surface area contributed by atoms with E-state index in [1.165, 1.54) is 0 Å². The second-order valence-corrected chi connectivity index (χ2v) is 10.3. The summed E-state index contributed by atoms with van der Waals surface area (Å²) < 4.78 is 13.5. The first-order chi connectivity index (χ1) is 19.0. The molecular weight excluding hydrogens is 495 g/mol. The highest BCUT2D eigenvalue weighted by Gasteiger charge is 2.42. The van der Waals surface area contributed by atoms with E-state index in [0.29, 0.717) is 18.5 Å². The van der Waals surface area contributed by atoms with Crippen molar-refractivity contribution in [3.63, 3.8) is 0 Å². The van der Waals surface area contributed by atoms with Crippen molar-refractivity contribution in [1.82, 2.24) is 20.9 Å². The Morgan fingerprint density at radius 2 is 1.64 bits per heavy atom. The number of hydrogen-bond donors (Lipinski definition) is 3. The molecule has 1 saturated carbocycles. The maximum Gasteiger partial charge on any atom is 0.251 e. The van der Waals surface area contributed by atoms with Crippen molar-refractivity contribution >= 4 is 17.7 Å². The van der Waals surface area contributed by atoms with Gasteiger partial charge in [0.15, 0.2) is 0 Å². The second-order valence-electron chi connectivity index (χ2n) is 10.3. The summed E-state index contributed by atoms with van der Waals surface area (Å²) in [6, 6.07) is 15.6. The molecule has 5 rings (SSSR count). The monoisotopic (exact) mass is 526 g/mol. The Morgan fingerprint density at radius 1 is 0.949 bits per heavy atom. The average Bonchev–Trinajstić information content (AvgIpc) is 3.59. The molecule has 4 atom stereocenters. The van der Waals surface area contributed by atoms with Gasteiger partial charge in [0.1, 0.15) is 6.17 Å². The summed E-state index contributed by atoms with van der Waals surface area (Å²) in [4.78, 5) is 40.1. The lowest BCUT2D eigenvalue weighted by molar-refractivity contribution is -0.133. The van der Waals surface area contributed by atoms with Crippen LogP contribution < -0.4 is 16.0 Å². The van der Waals surface area contributed by atoms with Gasteiger partial charge in [-0.1, -0.05) is 30.0 Å². The fraction of sp³-hybridized carbons (Fsp3) is 0.387. The highest BCUT2D eigenvalue weighted by Crippen LogP contribution is 2.33. The first kappa shape index (κ1) is 26.5. The average molecular weight is 527 g/mol. The number of carbonyl (C=O) groups is 3. The van der Waals surface area contributed by atoms with E-state index in [1.807, 2.05) is 30.3 Å². The van der Waals surface area contributed by atoms with Crippen LogP contribution in [0.15, 0.2) is 54.6 Å². The van der Waals surface area contributed by atoms with Crippen molar-refractivity contribution in [3.05, 3.63) is 71.3 Å². The molecular formula is C31H31FN4O3. The van der Waals surface area contributed by atoms with E-state index < -0.39 is 12.2 Å². The van der Waals surface area contributed by atoms with Crippen LogP contribution in [0, 0.1) is 29.6 Å². The first-order valence-corrected chi connectivity index (χ1v) is 13.4. The van der Waals surface area contributed by atoms with E-state index in [2.05, 4.69) is 39.6 Å². The summed E-state index contributed by atoms with van der Waals surface area (Å²) >= 11 is 0. The van der Waals surface area contributed by atoms with E-state index in [9.17, 15) is 18.8 Å². The van der Waals surface area contributed by atoms with Crippen molar-refractivity contribution in [2.75, 3.05) is 19.6 Å². The van der Waals surface area contributed by atoms with Gasteiger partial charge in [-0.15, -0.1) is 0 Å². The molecule has 2 heterocycles. The Balaban J connectivity index is 1.15. The lowest BCUT2D eigenvalue weighted by Crippen LogP contribution is -2.46. The Labute approximate surface area is 227 Å². The molecule has 7 nitrogen and oxygen atoms in total. The van der Waals surface area contributed by atoms with Gasteiger partial charge < -0.3 is 20.9 Å². The van der Waals surface area contributed by atoms with Crippen molar-refractivity contribution < 1.29 is 18.8 Å². The van der Waals surface area contributed by atoms with Crippen LogP contribution >= 0.6 is 0 Å². The third kappa shape index (κ3) is 7.04. The second kappa shape index (κ2) is 12.1. The highest BCUT2D eigenvalue weighted by molar-refractivity contribution is 5.94. The van der Waals surface area contributed by atoms with Gasteiger partial charge in [-0.25, -0.2) is 4.39 Å². The normalized spacial score (nSPS) is 23.7. The Hall–Kier alpha value is -4.14. The molecule has 2 aromatic rings. The molecule has 3 N–H and O–H groups in total. The lowest BCUT2D eigenvalue weighted by Gasteiger charge is -2.25. The van der Waals surface area contributed by atoms with Crippen molar-refractivity contribution in [1.29, 1.82) is 0 Å². The van der Waals surface area contributed by atoms with Gasteiger partial charge in [-0.2, -0.15) is 0 Å². The van der Waals surface area contributed by atoms with Gasteiger partial charge in [-0.05, 0) is 67.5 Å². The van der Waals surface area contributed by atoms with E-state index >= 15 is 0 Å². The molecule has 0 spiro atoms. The number of alkyl halides is 1. The molecule has 8 heteroatoms. The van der Waals surface area contributed by atoms with Gasteiger partial charge in [0.05, 0.1) is 12.1 Å². The molecule has 0 unspecified atom stereocenters. The molecule has 39 heavy (non-hydrogen) atoms. The van der Waals surface area contributed by atoms with E-state index in [4.69, 9.17) is 0 Å². The van der Waals surface area contributed by atoms with Gasteiger partial charge in [-0.3, -0.25) is 14.4 Å². The minimum Gasteiger partial charge on any atom is -0.350 e. The predicted octanol–water partition coefficient (Wildman–Crippen LogP) is 2.02. The largest absolute Gasteiger partial charge is 0.350 e. The Morgan fingerprint density at radius 3 is 2.28 bits per heavy atom. The Bertz CT molecular complexity index is 1340. The fourth-order valence-electron chi connectivity index (χ4n) is 4.99. The van der Waals surface area contributed by atoms with Gasteiger partial charge in [0.25, 0.3) is 5.91 Å². The Kier molecular flexibility index (Phi) is 8.24. The molecule has 3 amide bonds. The number of hydrogen-bond acceptors (Lipinski definition) is 4. The summed E-state index contributed by atoms with van der Waals surface area (Å²) in [6.45, 7) is 0.863. The summed E-state index contributed by atoms with van der Waals surface area (Å²) in [5.74, 6) is 11.2. The maximum absolute atomic E-state index is 13.5. The number of halogens is 1. The number of amides is 3. The lowest BCUT2D eigenvalue weighted by atomic mass is 10.1. The topological polar surface area (TPSA) is 90.5 Å². The molecule has 0 aromatic heterocycles. The molecule has 3 aliphatic rings. The zero-order valence-corrected chi connectivity index (χ0v) is 21.6. The van der Waals surface area contributed by atoms with E-state index in [0.717, 1.165) is 24.0 Å². The quantitative estimate of drug-likeness (QED) is 0.503. The van der Waals surface area contributed by atoms with Crippen LogP contribution in [0.2, 0.25) is 0 Å². The van der Waals surface area contributed by atoms with Crippen LogP contribution in [0.3, 0.4) is 0 Å². The highest BCUT2D eigenvalue weighted by atomic mass is 19.1. The summed E-state index contributed by atoms with van der Waals surface area (Å²) in [5, 5.41) is 8.82. The molecule has 0 bridgehead atoms. The van der Waals surface area contributed by atoms with Gasteiger partial charge in [0.2, 0.25) is 11.8 Å². The summed E-state index contributed by atoms with van der Waals surface area (Å²) in [7, 11) is 0. The van der Waals surface area contributed by atoms with Crippen molar-refractivity contribution in [3.8, 4) is 23.7 Å². The van der Waals surface area contributed by atoms with Crippen LogP contribution in [0.4, 0.5) is 4.39 Å². The van der Waals surface area contributed by atoms with Crippen LogP contribution in [0.1, 0.15) is 47.2 Å². The minimum atomic E-state index is -1.02. The molecule has 1 aliphatic carbocycles. The third-order valence-electron chi connectivity index (χ3n) is 7.26. The molecule has 3 fully saturated rings. The maximum atomic E-state index is 13.5. The van der Waals surface area contributed by atoms with Crippen molar-refractivity contribution in [2.45, 2.75) is 50.0 Å². The first-order valence-electron chi connectivity index (χ1n) is 13.4. The molecule has 0 radical (unpaired) electrons. The summed E-state index contributed by atoms with van der Waals surface area (Å²) in [6.07, 6.45) is 1.43. The number of rotatable bonds is 6. The van der Waals surface area contributed by atoms with Crippen LogP contribution in [-0.4, -0.2) is 66.6 Å². The standard InChI is InChI=1S/C31H31FN4O3/c32-25-16-28(33-18-25)30(38)35-26-17-27(36(20-26)31(39)24-14-15-24)19-34-29(37)23-12-10-22(11-13-23)9-5-4-8-21-6-2-1-3-7-21/h1-3,6-7,10-13,24-28,33H,14-20H2,(H,34,37)(H,35,38)/t25-,26+,27+,28-/m0/s1. The predicted molar refractivity (Wildman–Crippen MR) is 145 cm³/mol. The minimum absolute atomic E-state index is 0.0347. The molecule has 200 valence electrons. The zero-order valence-electron chi connectivity index (χ0n) is 21.6. The van der Waals surface area contributed by atoms with Gasteiger partial charge in [0, 0.05) is 54.7 Å². The number of nitrogens with one attached hydrogen (secondary N) is 3. The van der Waals surface area contributed by atoms with E-state index in [1.54, 1.807) is 29.2 Å². The number of carbonyl (C=O) groups excluding carboxylic acids is 3. The van der Waals surface area contributed by atoms with Crippen LogP contribution in [0.25, 0.3) is 0 Å². The number of likely N-dealkylation sites (tertiary alicyclic amines) is 1. The third-order valence-corrected chi connectivity index (χ3v) is 7.26. The number of benzene rings is 2. The molecule has 2 aromatic carbocycles. The molecule has 2 aliphatic heterocycles. The van der Waals surface area contributed by atoms with Crippen molar-refractivity contribution in [2.24, 2.45) is 5.92 Å². The molecule has 2 saturated heterocycles. The van der Waals surface area contributed by atoms with E-state index in [-0.39, 0.29) is 55.2 Å².